The van der Waals surface area contributed by atoms with E-state index in [0.29, 0.717) is 18.0 Å². The Balaban J connectivity index is 2.13. The second kappa shape index (κ2) is 6.42. The molecule has 2 amide bonds. The fourth-order valence-electron chi connectivity index (χ4n) is 4.35. The van der Waals surface area contributed by atoms with E-state index in [2.05, 4.69) is 0 Å². The normalized spacial score (nSPS) is 31.4. The fraction of sp³-hybridized carbons (Fsp3) is 0.500. The molecule has 1 aromatic rings. The van der Waals surface area contributed by atoms with E-state index in [4.69, 9.17) is 16.3 Å². The van der Waals surface area contributed by atoms with Crippen molar-refractivity contribution in [1.29, 1.82) is 0 Å². The molecule has 0 unspecified atom stereocenters. The van der Waals surface area contributed by atoms with Gasteiger partial charge in [0.05, 0.1) is 7.11 Å². The monoisotopic (exact) mass is 365 g/mol. The number of nitrogens with zero attached hydrogens (tertiary/aromatic N) is 1. The summed E-state index contributed by atoms with van der Waals surface area (Å²) in [6.07, 6.45) is 0.404. The third-order valence-corrected chi connectivity index (χ3v) is 5.83. The predicted octanol–water partition coefficient (Wildman–Crippen LogP) is 0.901. The molecule has 2 fully saturated rings. The molecule has 134 valence electrons. The lowest BCUT2D eigenvalue weighted by Gasteiger charge is -2.27. The second-order valence-corrected chi connectivity index (χ2v) is 6.99. The summed E-state index contributed by atoms with van der Waals surface area (Å²) in [5.41, 5.74) is -0.210. The Kier molecular flexibility index (Phi) is 4.60. The first kappa shape index (κ1) is 17.9. The number of hydrogen-bond donors (Lipinski definition) is 1. The number of esters is 1. The SMILES string of the molecule is CCN1C(=O)[C@H]2[C@@H](C1=O)[C@](CC)(C(=O)OC)[NH2+][C@H]2c1ccc(Cl)cc1. The Bertz CT molecular complexity index is 720. The van der Waals surface area contributed by atoms with Gasteiger partial charge < -0.3 is 10.1 Å². The molecule has 2 aliphatic heterocycles. The summed E-state index contributed by atoms with van der Waals surface area (Å²) >= 11 is 5.97. The van der Waals surface area contributed by atoms with Crippen molar-refractivity contribution in [2.45, 2.75) is 31.8 Å². The molecular weight excluding hydrogens is 344 g/mol. The van der Waals surface area contributed by atoms with Crippen LogP contribution >= 0.6 is 11.6 Å². The molecular formula is C18H22ClN2O4+. The van der Waals surface area contributed by atoms with Crippen molar-refractivity contribution < 1.29 is 24.4 Å². The molecule has 1 aromatic carbocycles. The average Bonchev–Trinajstić information content (AvgIpc) is 3.10. The number of quaternary nitrogens is 1. The van der Waals surface area contributed by atoms with Gasteiger partial charge in [-0.2, -0.15) is 0 Å². The van der Waals surface area contributed by atoms with Crippen LogP contribution in [0, 0.1) is 11.8 Å². The molecule has 2 saturated heterocycles. The van der Waals surface area contributed by atoms with Gasteiger partial charge in [-0.1, -0.05) is 30.7 Å². The van der Waals surface area contributed by atoms with Gasteiger partial charge in [-0.3, -0.25) is 14.5 Å². The fourth-order valence-corrected chi connectivity index (χ4v) is 4.48. The van der Waals surface area contributed by atoms with Crippen LogP contribution in [0.15, 0.2) is 24.3 Å². The molecule has 3 rings (SSSR count). The number of likely N-dealkylation sites (tertiary alicyclic amines) is 1. The number of carbonyl (C=O) groups excluding carboxylic acids is 3. The summed E-state index contributed by atoms with van der Waals surface area (Å²) in [5.74, 6) is -2.24. The molecule has 6 nitrogen and oxygen atoms in total. The topological polar surface area (TPSA) is 80.3 Å². The van der Waals surface area contributed by atoms with Crippen molar-refractivity contribution in [1.82, 2.24) is 4.90 Å². The number of fused-ring (bicyclic) bond motifs is 1. The maximum Gasteiger partial charge on any atom is 0.368 e. The number of ether oxygens (including phenoxy) is 1. The lowest BCUT2D eigenvalue weighted by Crippen LogP contribution is -2.98. The van der Waals surface area contributed by atoms with Gasteiger partial charge in [0.25, 0.3) is 0 Å². The van der Waals surface area contributed by atoms with Gasteiger partial charge in [-0.25, -0.2) is 4.79 Å². The van der Waals surface area contributed by atoms with E-state index in [1.807, 2.05) is 24.4 Å². The van der Waals surface area contributed by atoms with Gasteiger partial charge in [-0.15, -0.1) is 0 Å². The van der Waals surface area contributed by atoms with Crippen molar-refractivity contribution in [3.8, 4) is 0 Å². The van der Waals surface area contributed by atoms with Gasteiger partial charge in [0.1, 0.15) is 17.9 Å². The summed E-state index contributed by atoms with van der Waals surface area (Å²) in [6.45, 7) is 3.92. The van der Waals surface area contributed by atoms with Crippen molar-refractivity contribution >= 4 is 29.4 Å². The summed E-state index contributed by atoms with van der Waals surface area (Å²) in [6, 6.07) is 6.87. The lowest BCUT2D eigenvalue weighted by atomic mass is 9.78. The number of carbonyl (C=O) groups is 3. The number of hydrogen-bond acceptors (Lipinski definition) is 4. The molecule has 7 heteroatoms. The Morgan fingerprint density at radius 2 is 1.88 bits per heavy atom. The molecule has 0 spiro atoms. The molecule has 0 radical (unpaired) electrons. The molecule has 2 aliphatic rings. The predicted molar refractivity (Wildman–Crippen MR) is 90.5 cm³/mol. The zero-order valence-corrected chi connectivity index (χ0v) is 15.2. The van der Waals surface area contributed by atoms with Crippen LogP contribution in [0.3, 0.4) is 0 Å². The van der Waals surface area contributed by atoms with E-state index >= 15 is 0 Å². The highest BCUT2D eigenvalue weighted by Gasteiger charge is 2.71. The summed E-state index contributed by atoms with van der Waals surface area (Å²) in [7, 11) is 1.32. The maximum absolute atomic E-state index is 12.9. The van der Waals surface area contributed by atoms with E-state index in [-0.39, 0.29) is 17.9 Å². The number of methoxy groups -OCH3 is 1. The van der Waals surface area contributed by atoms with Crippen molar-refractivity contribution in [2.24, 2.45) is 11.8 Å². The van der Waals surface area contributed by atoms with Gasteiger partial charge in [0.15, 0.2) is 0 Å². The number of amides is 2. The Morgan fingerprint density at radius 1 is 1.24 bits per heavy atom. The summed E-state index contributed by atoms with van der Waals surface area (Å²) in [4.78, 5) is 39.7. The second-order valence-electron chi connectivity index (χ2n) is 6.55. The number of halogens is 1. The highest BCUT2D eigenvalue weighted by atomic mass is 35.5. The van der Waals surface area contributed by atoms with Crippen molar-refractivity contribution in [3.63, 3.8) is 0 Å². The number of benzene rings is 1. The molecule has 0 saturated carbocycles. The van der Waals surface area contributed by atoms with Crippen LogP contribution in [-0.2, 0) is 19.1 Å². The van der Waals surface area contributed by atoms with E-state index in [0.717, 1.165) is 5.56 Å². The van der Waals surface area contributed by atoms with E-state index in [1.165, 1.54) is 12.0 Å². The molecule has 0 aliphatic carbocycles. The van der Waals surface area contributed by atoms with Crippen LogP contribution in [0.1, 0.15) is 31.9 Å². The Morgan fingerprint density at radius 3 is 2.40 bits per heavy atom. The highest BCUT2D eigenvalue weighted by Crippen LogP contribution is 2.45. The minimum absolute atomic E-state index is 0.215. The average molecular weight is 366 g/mol. The first-order valence-corrected chi connectivity index (χ1v) is 8.84. The van der Waals surface area contributed by atoms with Gasteiger partial charge in [0, 0.05) is 23.6 Å². The molecule has 0 aromatic heterocycles. The lowest BCUT2D eigenvalue weighted by molar-refractivity contribution is -0.734. The van der Waals surface area contributed by atoms with Crippen LogP contribution in [0.5, 0.6) is 0 Å². The van der Waals surface area contributed by atoms with Crippen molar-refractivity contribution in [2.75, 3.05) is 13.7 Å². The smallest absolute Gasteiger partial charge is 0.368 e. The molecule has 25 heavy (non-hydrogen) atoms. The quantitative estimate of drug-likeness (QED) is 0.635. The zero-order valence-electron chi connectivity index (χ0n) is 14.5. The van der Waals surface area contributed by atoms with Gasteiger partial charge in [0.2, 0.25) is 17.4 Å². The Hall–Kier alpha value is -1.92. The maximum atomic E-state index is 12.9. The minimum atomic E-state index is -1.08. The van der Waals surface area contributed by atoms with Crippen molar-refractivity contribution in [3.05, 3.63) is 34.9 Å². The number of nitrogens with two attached hydrogens (primary N) is 1. The third kappa shape index (κ3) is 2.47. The standard InChI is InChI=1S/C18H21ClN2O4/c1-4-18(17(24)25-3)13-12(15(22)21(5-2)16(13)23)14(20-18)10-6-8-11(19)9-7-10/h6-9,12-14,20H,4-5H2,1-3H3/p+1/t12-,13-,14-,18+/m0/s1. The van der Waals surface area contributed by atoms with E-state index < -0.39 is 23.3 Å². The van der Waals surface area contributed by atoms with Crippen LogP contribution in [0.25, 0.3) is 0 Å². The third-order valence-electron chi connectivity index (χ3n) is 5.58. The molecule has 2 N–H and O–H groups in total. The largest absolute Gasteiger partial charge is 0.464 e. The minimum Gasteiger partial charge on any atom is -0.464 e. The van der Waals surface area contributed by atoms with Crippen LogP contribution < -0.4 is 5.32 Å². The summed E-state index contributed by atoms with van der Waals surface area (Å²) in [5, 5.41) is 2.44. The molecule has 4 atom stereocenters. The number of imide groups is 1. The molecule has 0 bridgehead atoms. The van der Waals surface area contributed by atoms with Crippen LogP contribution in [0.2, 0.25) is 5.02 Å². The summed E-state index contributed by atoms with van der Waals surface area (Å²) < 4.78 is 5.02. The van der Waals surface area contributed by atoms with Gasteiger partial charge in [-0.05, 0) is 19.1 Å². The van der Waals surface area contributed by atoms with Gasteiger partial charge >= 0.3 is 5.97 Å². The first-order chi connectivity index (χ1) is 11.9. The van der Waals surface area contributed by atoms with Crippen LogP contribution in [-0.4, -0.2) is 41.9 Å². The van der Waals surface area contributed by atoms with Crippen LogP contribution in [0.4, 0.5) is 0 Å². The van der Waals surface area contributed by atoms with E-state index in [9.17, 15) is 14.4 Å². The van der Waals surface area contributed by atoms with E-state index in [1.54, 1.807) is 19.1 Å². The zero-order chi connectivity index (χ0) is 18.4. The Labute approximate surface area is 151 Å². The highest BCUT2D eigenvalue weighted by molar-refractivity contribution is 6.30. The first-order valence-electron chi connectivity index (χ1n) is 8.46. The number of rotatable bonds is 4. The molecule has 2 heterocycles.